The van der Waals surface area contributed by atoms with E-state index in [9.17, 15) is 35.7 Å². The zero-order valence-corrected chi connectivity index (χ0v) is 27.0. The summed E-state index contributed by atoms with van der Waals surface area (Å²) in [5.74, 6) is 0. The Morgan fingerprint density at radius 2 is 1.13 bits per heavy atom. The lowest BCUT2D eigenvalue weighted by molar-refractivity contribution is -0.359. The molecule has 11 nitrogen and oxygen atoms in total. The molecule has 0 bridgehead atoms. The maximum atomic E-state index is 10.8. The third-order valence-electron chi connectivity index (χ3n) is 7.08. The van der Waals surface area contributed by atoms with E-state index in [4.69, 9.17) is 18.9 Å². The minimum Gasteiger partial charge on any atom is -0.394 e. The van der Waals surface area contributed by atoms with Crippen molar-refractivity contribution in [2.24, 2.45) is 0 Å². The molecule has 0 aromatic heterocycles. The molecule has 0 spiro atoms. The molecule has 0 radical (unpaired) electrons. The van der Waals surface area contributed by atoms with Gasteiger partial charge in [0.15, 0.2) is 12.6 Å². The van der Waals surface area contributed by atoms with Gasteiger partial charge < -0.3 is 54.7 Å². The van der Waals surface area contributed by atoms with E-state index in [-0.39, 0.29) is 0 Å². The molecule has 226 valence electrons. The van der Waals surface area contributed by atoms with Gasteiger partial charge in [-0.15, -0.1) is 0 Å². The molecule has 0 aliphatic carbocycles. The van der Waals surface area contributed by atoms with E-state index in [1.165, 1.54) is 11.3 Å². The molecule has 0 amide bonds. The van der Waals surface area contributed by atoms with Gasteiger partial charge >= 0.3 is 0 Å². The van der Waals surface area contributed by atoms with Crippen LogP contribution in [0.15, 0.2) is 0 Å². The van der Waals surface area contributed by atoms with Crippen molar-refractivity contribution >= 4 is 24.2 Å². The third kappa shape index (κ3) is 9.65. The monoisotopic (exact) mass is 600 g/mol. The molecule has 10 atom stereocenters. The van der Waals surface area contributed by atoms with Crippen LogP contribution in [0.5, 0.6) is 0 Å². The van der Waals surface area contributed by atoms with Gasteiger partial charge in [-0.2, -0.15) is 0 Å². The molecular weight excluding hydrogens is 549 g/mol. The summed E-state index contributed by atoms with van der Waals surface area (Å²) < 4.78 is 22.5. The SMILES string of the molecule is C[Si](C)(C)C[Si](C)(CCCOC1OC(CO)C(OC2OC(CO)C(O)C(O)C2O)C(O)C1O)C[Si](C)(C)C. The fourth-order valence-electron chi connectivity index (χ4n) is 6.19. The summed E-state index contributed by atoms with van der Waals surface area (Å²) in [6, 6.07) is 1.11. The summed E-state index contributed by atoms with van der Waals surface area (Å²) in [6.45, 7) is 16.1. The first-order chi connectivity index (χ1) is 17.4. The highest BCUT2D eigenvalue weighted by molar-refractivity contribution is 7.02. The number of hydrogen-bond donors (Lipinski definition) is 7. The van der Waals surface area contributed by atoms with Gasteiger partial charge in [0.05, 0.1) is 13.2 Å². The first kappa shape index (κ1) is 34.4. The van der Waals surface area contributed by atoms with Crippen molar-refractivity contribution in [3.63, 3.8) is 0 Å². The van der Waals surface area contributed by atoms with Crippen LogP contribution < -0.4 is 0 Å². The molecule has 2 heterocycles. The average Bonchev–Trinajstić information content (AvgIpc) is 2.78. The third-order valence-corrected chi connectivity index (χ3v) is 24.0. The molecule has 14 heteroatoms. The molecule has 0 aromatic rings. The van der Waals surface area contributed by atoms with E-state index in [0.29, 0.717) is 6.61 Å². The van der Waals surface area contributed by atoms with Crippen LogP contribution >= 0.6 is 0 Å². The normalized spacial score (nSPS) is 37.4. The number of aliphatic hydroxyl groups excluding tert-OH is 7. The van der Waals surface area contributed by atoms with E-state index in [0.717, 1.165) is 12.5 Å². The Balaban J connectivity index is 1.98. The van der Waals surface area contributed by atoms with E-state index in [1.807, 2.05) is 0 Å². The second-order valence-electron chi connectivity index (χ2n) is 13.8. The molecule has 2 saturated heterocycles. The predicted octanol–water partition coefficient (Wildman–Crippen LogP) is -0.149. The molecule has 0 saturated carbocycles. The van der Waals surface area contributed by atoms with Crippen molar-refractivity contribution in [3.8, 4) is 0 Å². The lowest BCUT2D eigenvalue weighted by Crippen LogP contribution is -2.64. The van der Waals surface area contributed by atoms with Gasteiger partial charge in [0.1, 0.15) is 48.8 Å². The Morgan fingerprint density at radius 1 is 0.632 bits per heavy atom. The maximum Gasteiger partial charge on any atom is 0.187 e. The first-order valence-corrected chi connectivity index (χ1v) is 24.1. The number of aliphatic hydroxyl groups is 7. The highest BCUT2D eigenvalue weighted by Crippen LogP contribution is 2.33. The summed E-state index contributed by atoms with van der Waals surface area (Å²) in [5.41, 5.74) is 2.71. The Morgan fingerprint density at radius 3 is 1.63 bits per heavy atom. The largest absolute Gasteiger partial charge is 0.394 e. The van der Waals surface area contributed by atoms with Gasteiger partial charge in [0.25, 0.3) is 0 Å². The minimum absolute atomic E-state index is 0.338. The van der Waals surface area contributed by atoms with Crippen molar-refractivity contribution in [1.29, 1.82) is 0 Å². The van der Waals surface area contributed by atoms with Gasteiger partial charge in [0, 0.05) is 30.8 Å². The van der Waals surface area contributed by atoms with Crippen molar-refractivity contribution < 1.29 is 54.7 Å². The van der Waals surface area contributed by atoms with Crippen LogP contribution in [-0.4, -0.2) is 141 Å². The highest BCUT2D eigenvalue weighted by Gasteiger charge is 2.50. The summed E-state index contributed by atoms with van der Waals surface area (Å²) in [4.78, 5) is 0. The van der Waals surface area contributed by atoms with Crippen molar-refractivity contribution in [1.82, 2.24) is 0 Å². The molecule has 0 aromatic carbocycles. The van der Waals surface area contributed by atoms with Crippen molar-refractivity contribution in [2.45, 2.75) is 131 Å². The van der Waals surface area contributed by atoms with E-state index in [2.05, 4.69) is 45.8 Å². The molecular formula is C24H52O11Si3. The van der Waals surface area contributed by atoms with Crippen molar-refractivity contribution in [2.75, 3.05) is 19.8 Å². The van der Waals surface area contributed by atoms with Gasteiger partial charge in [0.2, 0.25) is 0 Å². The predicted molar refractivity (Wildman–Crippen MR) is 150 cm³/mol. The second-order valence-corrected chi connectivity index (χ2v) is 31.0. The second kappa shape index (κ2) is 13.9. The smallest absolute Gasteiger partial charge is 0.187 e. The lowest BCUT2D eigenvalue weighted by Gasteiger charge is -2.46. The van der Waals surface area contributed by atoms with Gasteiger partial charge in [-0.05, 0) is 6.42 Å². The molecule has 7 N–H and O–H groups in total. The molecule has 2 aliphatic rings. The lowest BCUT2D eigenvalue weighted by atomic mass is 9.97. The zero-order chi connectivity index (χ0) is 29.1. The quantitative estimate of drug-likeness (QED) is 0.110. The van der Waals surface area contributed by atoms with Crippen molar-refractivity contribution in [3.05, 3.63) is 0 Å². The number of hydrogen-bond acceptors (Lipinski definition) is 11. The summed E-state index contributed by atoms with van der Waals surface area (Å²) in [6.07, 6.45) is -13.6. The van der Waals surface area contributed by atoms with Crippen LogP contribution in [0.2, 0.25) is 63.2 Å². The Labute approximate surface area is 229 Å². The zero-order valence-electron chi connectivity index (χ0n) is 24.0. The van der Waals surface area contributed by atoms with E-state index in [1.54, 1.807) is 0 Å². The fourth-order valence-corrected chi connectivity index (χ4v) is 30.7. The van der Waals surface area contributed by atoms with Crippen LogP contribution in [0.1, 0.15) is 6.42 Å². The summed E-state index contributed by atoms with van der Waals surface area (Å²) in [5, 5.41) is 71.0. The Hall–Kier alpha value is 0.211. The minimum atomic E-state index is -1.70. The number of rotatable bonds is 13. The van der Waals surface area contributed by atoms with E-state index >= 15 is 0 Å². The van der Waals surface area contributed by atoms with Gasteiger partial charge in [-0.1, -0.05) is 63.2 Å². The standard InChI is InChI=1S/C24H52O11Si3/c1-36(2,3)13-38(7,14-37(4,5)6)10-8-9-32-23-21(31)19(29)22(16(12-26)34-23)35-24-20(30)18(28)17(27)15(11-25)33-24/h15-31H,8-14H2,1-7H3. The van der Waals surface area contributed by atoms with Crippen LogP contribution in [0.4, 0.5) is 0 Å². The number of ether oxygens (including phenoxy) is 4. The summed E-state index contributed by atoms with van der Waals surface area (Å²) in [7, 11) is -3.95. The maximum absolute atomic E-state index is 10.8. The molecule has 38 heavy (non-hydrogen) atoms. The highest BCUT2D eigenvalue weighted by atomic mass is 28.4. The van der Waals surface area contributed by atoms with Crippen LogP contribution in [0.3, 0.4) is 0 Å². The molecule has 2 aliphatic heterocycles. The Bertz CT molecular complexity index is 700. The van der Waals surface area contributed by atoms with Crippen LogP contribution in [-0.2, 0) is 18.9 Å². The molecule has 2 rings (SSSR count). The average molecular weight is 601 g/mol. The molecule has 10 unspecified atom stereocenters. The van der Waals surface area contributed by atoms with Gasteiger partial charge in [-0.25, -0.2) is 0 Å². The fraction of sp³-hybridized carbons (Fsp3) is 1.00. The Kier molecular flexibility index (Phi) is 12.6. The van der Waals surface area contributed by atoms with E-state index < -0.39 is 98.8 Å². The molecule has 2 fully saturated rings. The van der Waals surface area contributed by atoms with Gasteiger partial charge in [-0.3, -0.25) is 0 Å². The summed E-state index contributed by atoms with van der Waals surface area (Å²) >= 11 is 0. The topological polar surface area (TPSA) is 179 Å². The first-order valence-electron chi connectivity index (χ1n) is 13.6. The van der Waals surface area contributed by atoms with Crippen LogP contribution in [0.25, 0.3) is 0 Å². The van der Waals surface area contributed by atoms with Crippen LogP contribution in [0, 0.1) is 0 Å².